The third-order valence-electron chi connectivity index (χ3n) is 4.99. The second-order valence-electron chi connectivity index (χ2n) is 7.31. The van der Waals surface area contributed by atoms with E-state index in [4.69, 9.17) is 11.6 Å². The Morgan fingerprint density at radius 2 is 1.94 bits per heavy atom. The van der Waals surface area contributed by atoms with Crippen LogP contribution < -0.4 is 5.32 Å². The summed E-state index contributed by atoms with van der Waals surface area (Å²) in [6.07, 6.45) is 4.52. The summed E-state index contributed by atoms with van der Waals surface area (Å²) < 4.78 is 2.99. The van der Waals surface area contributed by atoms with E-state index in [0.29, 0.717) is 28.5 Å². The van der Waals surface area contributed by atoms with Gasteiger partial charge in [0, 0.05) is 28.9 Å². The number of carbonyl (C=O) groups excluding carboxylic acids is 1. The molecule has 3 heterocycles. The summed E-state index contributed by atoms with van der Waals surface area (Å²) in [6, 6.07) is 14.9. The summed E-state index contributed by atoms with van der Waals surface area (Å²) in [5.74, 6) is -0.275. The summed E-state index contributed by atoms with van der Waals surface area (Å²) in [5, 5.41) is 22.9. The largest absolute Gasteiger partial charge is 0.318 e. The van der Waals surface area contributed by atoms with E-state index in [-0.39, 0.29) is 17.2 Å². The molecule has 5 aromatic rings. The molecule has 0 unspecified atom stereocenters. The van der Waals surface area contributed by atoms with Gasteiger partial charge in [0.05, 0.1) is 29.0 Å². The van der Waals surface area contributed by atoms with Crippen molar-refractivity contribution >= 4 is 34.7 Å². The number of carbonyl (C=O) groups is 1. The number of nitrogens with one attached hydrogen (secondary N) is 1. The molecular weight excluding hydrogens is 460 g/mol. The molecule has 0 saturated carbocycles. The van der Waals surface area contributed by atoms with Crippen molar-refractivity contribution in [2.24, 2.45) is 0 Å². The fourth-order valence-electron chi connectivity index (χ4n) is 3.39. The fourth-order valence-corrected chi connectivity index (χ4v) is 3.51. The number of nitro groups is 1. The van der Waals surface area contributed by atoms with E-state index >= 15 is 0 Å². The quantitative estimate of drug-likeness (QED) is 0.292. The van der Waals surface area contributed by atoms with Crippen LogP contribution in [0.15, 0.2) is 73.3 Å². The van der Waals surface area contributed by atoms with E-state index in [0.717, 1.165) is 5.56 Å². The minimum absolute atomic E-state index is 0.0836. The molecular formula is C22H15ClN8O3. The minimum atomic E-state index is -0.492. The van der Waals surface area contributed by atoms with Gasteiger partial charge in [0.25, 0.3) is 17.4 Å². The molecule has 0 radical (unpaired) electrons. The molecule has 5 rings (SSSR count). The smallest absolute Gasteiger partial charge is 0.274 e. The first kappa shape index (κ1) is 21.2. The van der Waals surface area contributed by atoms with Crippen LogP contribution in [0.4, 0.5) is 11.4 Å². The second kappa shape index (κ2) is 8.71. The van der Waals surface area contributed by atoms with E-state index < -0.39 is 10.8 Å². The number of hydrogen-bond acceptors (Lipinski definition) is 7. The van der Waals surface area contributed by atoms with Crippen molar-refractivity contribution in [3.8, 4) is 11.3 Å². The molecule has 0 atom stereocenters. The molecule has 168 valence electrons. The Morgan fingerprint density at radius 1 is 1.12 bits per heavy atom. The highest BCUT2D eigenvalue weighted by atomic mass is 35.5. The molecule has 11 nitrogen and oxygen atoms in total. The first-order valence-corrected chi connectivity index (χ1v) is 10.4. The minimum Gasteiger partial charge on any atom is -0.318 e. The molecule has 0 fully saturated rings. The van der Waals surface area contributed by atoms with E-state index in [1.54, 1.807) is 35.1 Å². The zero-order valence-corrected chi connectivity index (χ0v) is 18.1. The number of halogens is 1. The predicted octanol–water partition coefficient (Wildman–Crippen LogP) is 3.85. The zero-order chi connectivity index (χ0) is 23.7. The number of benzene rings is 2. The van der Waals surface area contributed by atoms with Gasteiger partial charge in [-0.1, -0.05) is 35.9 Å². The first-order chi connectivity index (χ1) is 16.5. The third kappa shape index (κ3) is 4.32. The Hall–Kier alpha value is -4.64. The van der Waals surface area contributed by atoms with Gasteiger partial charge >= 0.3 is 0 Å². The Kier molecular flexibility index (Phi) is 5.44. The Morgan fingerprint density at radius 3 is 2.74 bits per heavy atom. The summed E-state index contributed by atoms with van der Waals surface area (Å²) >= 11 is 5.92. The number of hydrogen-bond donors (Lipinski definition) is 1. The van der Waals surface area contributed by atoms with Crippen molar-refractivity contribution in [3.63, 3.8) is 0 Å². The van der Waals surface area contributed by atoms with Crippen LogP contribution in [0.2, 0.25) is 5.02 Å². The summed E-state index contributed by atoms with van der Waals surface area (Å²) in [6.45, 7) is 0.507. The van der Waals surface area contributed by atoms with Crippen LogP contribution in [0.25, 0.3) is 17.0 Å². The van der Waals surface area contributed by atoms with Crippen molar-refractivity contribution in [3.05, 3.63) is 99.7 Å². The Balaban J connectivity index is 1.42. The SMILES string of the molecule is O=C(Nc1cnn(Cc2ccc(Cl)cc2)c1)c1cc(-c2cccc([N+](=O)[O-])c2)nc2ncnn12. The maximum atomic E-state index is 13.1. The summed E-state index contributed by atoms with van der Waals surface area (Å²) in [7, 11) is 0. The van der Waals surface area contributed by atoms with Crippen molar-refractivity contribution in [1.82, 2.24) is 29.4 Å². The van der Waals surface area contributed by atoms with Gasteiger partial charge in [-0.05, 0) is 23.8 Å². The molecule has 0 bridgehead atoms. The molecule has 0 spiro atoms. The lowest BCUT2D eigenvalue weighted by Crippen LogP contribution is -2.17. The average Bonchev–Trinajstić information content (AvgIpc) is 3.49. The Bertz CT molecular complexity index is 1530. The monoisotopic (exact) mass is 474 g/mol. The van der Waals surface area contributed by atoms with Crippen LogP contribution in [0.1, 0.15) is 16.1 Å². The number of non-ortho nitro benzene ring substituents is 1. The zero-order valence-electron chi connectivity index (χ0n) is 17.4. The normalized spacial score (nSPS) is 11.0. The van der Waals surface area contributed by atoms with Gasteiger partial charge in [-0.15, -0.1) is 0 Å². The number of nitro benzene ring substituents is 1. The molecule has 0 aliphatic carbocycles. The number of fused-ring (bicyclic) bond motifs is 1. The molecule has 12 heteroatoms. The molecule has 0 aliphatic rings. The van der Waals surface area contributed by atoms with Gasteiger partial charge < -0.3 is 5.32 Å². The lowest BCUT2D eigenvalue weighted by molar-refractivity contribution is -0.384. The summed E-state index contributed by atoms with van der Waals surface area (Å²) in [4.78, 5) is 32.2. The van der Waals surface area contributed by atoms with E-state index in [2.05, 4.69) is 25.5 Å². The van der Waals surface area contributed by atoms with Gasteiger partial charge in [-0.25, -0.2) is 4.98 Å². The van der Waals surface area contributed by atoms with Crippen molar-refractivity contribution < 1.29 is 9.72 Å². The van der Waals surface area contributed by atoms with Gasteiger partial charge in [0.2, 0.25) is 0 Å². The maximum Gasteiger partial charge on any atom is 0.274 e. The fraction of sp³-hybridized carbons (Fsp3) is 0.0455. The van der Waals surface area contributed by atoms with Crippen LogP contribution in [-0.2, 0) is 6.54 Å². The molecule has 1 amide bonds. The van der Waals surface area contributed by atoms with Crippen LogP contribution in [0, 0.1) is 10.1 Å². The number of anilines is 1. The first-order valence-electron chi connectivity index (χ1n) is 10.00. The Labute approximate surface area is 196 Å². The van der Waals surface area contributed by atoms with E-state index in [1.165, 1.54) is 35.2 Å². The predicted molar refractivity (Wildman–Crippen MR) is 124 cm³/mol. The topological polar surface area (TPSA) is 133 Å². The van der Waals surface area contributed by atoms with Crippen LogP contribution in [0.5, 0.6) is 0 Å². The highest BCUT2D eigenvalue weighted by Crippen LogP contribution is 2.24. The lowest BCUT2D eigenvalue weighted by atomic mass is 10.1. The molecule has 0 saturated heterocycles. The van der Waals surface area contributed by atoms with Crippen LogP contribution in [-0.4, -0.2) is 40.2 Å². The number of rotatable bonds is 6. The number of nitrogens with zero attached hydrogens (tertiary/aromatic N) is 7. The van der Waals surface area contributed by atoms with Gasteiger partial charge in [-0.3, -0.25) is 19.6 Å². The third-order valence-corrected chi connectivity index (χ3v) is 5.24. The van der Waals surface area contributed by atoms with E-state index in [1.807, 2.05) is 12.1 Å². The van der Waals surface area contributed by atoms with Gasteiger partial charge in [0.15, 0.2) is 0 Å². The molecule has 3 aromatic heterocycles. The lowest BCUT2D eigenvalue weighted by Gasteiger charge is -2.07. The highest BCUT2D eigenvalue weighted by Gasteiger charge is 2.18. The highest BCUT2D eigenvalue weighted by molar-refractivity contribution is 6.30. The van der Waals surface area contributed by atoms with Gasteiger partial charge in [-0.2, -0.15) is 19.7 Å². The van der Waals surface area contributed by atoms with Crippen molar-refractivity contribution in [2.45, 2.75) is 6.54 Å². The van der Waals surface area contributed by atoms with Crippen molar-refractivity contribution in [2.75, 3.05) is 5.32 Å². The number of aromatic nitrogens is 6. The van der Waals surface area contributed by atoms with Gasteiger partial charge in [0.1, 0.15) is 12.0 Å². The molecule has 34 heavy (non-hydrogen) atoms. The van der Waals surface area contributed by atoms with E-state index in [9.17, 15) is 14.9 Å². The average molecular weight is 475 g/mol. The summed E-state index contributed by atoms with van der Waals surface area (Å²) in [5.41, 5.74) is 2.40. The standard InChI is InChI=1S/C22H15ClN8O3/c23-16-6-4-14(5-7-16)11-29-12-17(10-25-29)27-21(32)20-9-19(28-22-24-13-26-30(20)22)15-2-1-3-18(8-15)31(33)34/h1-10,12-13H,11H2,(H,27,32). The van der Waals surface area contributed by atoms with Crippen molar-refractivity contribution in [1.29, 1.82) is 0 Å². The second-order valence-corrected chi connectivity index (χ2v) is 7.75. The maximum absolute atomic E-state index is 13.1. The molecule has 0 aliphatic heterocycles. The van der Waals surface area contributed by atoms with Crippen LogP contribution >= 0.6 is 11.6 Å². The number of amides is 1. The molecule has 1 N–H and O–H groups in total. The van der Waals surface area contributed by atoms with Crippen LogP contribution in [0.3, 0.4) is 0 Å². The molecule has 2 aromatic carbocycles.